The van der Waals surface area contributed by atoms with Crippen molar-refractivity contribution in [3.8, 4) is 0 Å². The molecule has 0 unspecified atom stereocenters. The highest BCUT2D eigenvalue weighted by molar-refractivity contribution is 5.95. The Morgan fingerprint density at radius 3 is 2.48 bits per heavy atom. The fourth-order valence-electron chi connectivity index (χ4n) is 3.60. The lowest BCUT2D eigenvalue weighted by molar-refractivity contribution is -0.130. The second-order valence-corrected chi connectivity index (χ2v) is 6.21. The SMILES string of the molecule is CN1CCc2ccccc2[C@@H](c2cccc3ccccc23)C1=O. The molecule has 0 saturated carbocycles. The van der Waals surface area contributed by atoms with E-state index in [4.69, 9.17) is 0 Å². The van der Waals surface area contributed by atoms with Crippen LogP contribution in [0.3, 0.4) is 0 Å². The number of carbonyl (C=O) groups excluding carboxylic acids is 1. The standard InChI is InChI=1S/C21H19NO/c1-22-14-13-16-8-3-5-11-18(16)20(21(22)23)19-12-6-9-15-7-2-4-10-17(15)19/h2-12,20H,13-14H2,1H3/t20-/m0/s1. The van der Waals surface area contributed by atoms with Gasteiger partial charge in [-0.3, -0.25) is 4.79 Å². The van der Waals surface area contributed by atoms with E-state index in [0.29, 0.717) is 0 Å². The van der Waals surface area contributed by atoms with Crippen LogP contribution in [0.15, 0.2) is 66.7 Å². The summed E-state index contributed by atoms with van der Waals surface area (Å²) in [6.45, 7) is 0.775. The molecule has 0 saturated heterocycles. The van der Waals surface area contributed by atoms with Gasteiger partial charge in [0.15, 0.2) is 0 Å². The van der Waals surface area contributed by atoms with Crippen molar-refractivity contribution >= 4 is 16.7 Å². The van der Waals surface area contributed by atoms with Crippen molar-refractivity contribution in [3.63, 3.8) is 0 Å². The summed E-state index contributed by atoms with van der Waals surface area (Å²) in [7, 11) is 1.91. The Labute approximate surface area is 136 Å². The van der Waals surface area contributed by atoms with Crippen molar-refractivity contribution in [2.24, 2.45) is 0 Å². The molecule has 0 aliphatic carbocycles. The number of hydrogen-bond acceptors (Lipinski definition) is 1. The van der Waals surface area contributed by atoms with E-state index in [1.165, 1.54) is 16.3 Å². The van der Waals surface area contributed by atoms with Gasteiger partial charge in [-0.2, -0.15) is 0 Å². The second-order valence-electron chi connectivity index (χ2n) is 6.21. The summed E-state index contributed by atoms with van der Waals surface area (Å²) in [5, 5.41) is 2.35. The molecule has 1 heterocycles. The Hall–Kier alpha value is -2.61. The minimum absolute atomic E-state index is 0.186. The molecular formula is C21H19NO. The van der Waals surface area contributed by atoms with Gasteiger partial charge in [0, 0.05) is 13.6 Å². The van der Waals surface area contributed by atoms with Crippen molar-refractivity contribution < 1.29 is 4.79 Å². The van der Waals surface area contributed by atoms with Crippen LogP contribution in [0.25, 0.3) is 10.8 Å². The molecule has 23 heavy (non-hydrogen) atoms. The lowest BCUT2D eigenvalue weighted by Crippen LogP contribution is -2.31. The molecule has 0 radical (unpaired) electrons. The van der Waals surface area contributed by atoms with E-state index in [9.17, 15) is 4.79 Å². The molecule has 0 bridgehead atoms. The number of nitrogens with zero attached hydrogens (tertiary/aromatic N) is 1. The van der Waals surface area contributed by atoms with E-state index in [1.807, 2.05) is 30.1 Å². The van der Waals surface area contributed by atoms with E-state index in [2.05, 4.69) is 48.5 Å². The van der Waals surface area contributed by atoms with Gasteiger partial charge in [-0.25, -0.2) is 0 Å². The van der Waals surface area contributed by atoms with E-state index in [-0.39, 0.29) is 11.8 Å². The highest BCUT2D eigenvalue weighted by Crippen LogP contribution is 2.35. The summed E-state index contributed by atoms with van der Waals surface area (Å²) in [4.78, 5) is 14.9. The average Bonchev–Trinajstić information content (AvgIpc) is 2.72. The fraction of sp³-hybridized carbons (Fsp3) is 0.190. The zero-order valence-corrected chi connectivity index (χ0v) is 13.2. The Morgan fingerprint density at radius 2 is 1.57 bits per heavy atom. The lowest BCUT2D eigenvalue weighted by Gasteiger charge is -2.22. The molecule has 3 aromatic rings. The lowest BCUT2D eigenvalue weighted by atomic mass is 9.85. The molecule has 1 atom stereocenters. The number of benzene rings is 3. The van der Waals surface area contributed by atoms with Gasteiger partial charge >= 0.3 is 0 Å². The van der Waals surface area contributed by atoms with E-state index < -0.39 is 0 Å². The van der Waals surface area contributed by atoms with Gasteiger partial charge < -0.3 is 4.90 Å². The summed E-state index contributed by atoms with van der Waals surface area (Å²) in [5.74, 6) is -0.0314. The number of hydrogen-bond donors (Lipinski definition) is 0. The first-order valence-electron chi connectivity index (χ1n) is 8.06. The number of fused-ring (bicyclic) bond motifs is 2. The number of likely N-dealkylation sites (N-methyl/N-ethyl adjacent to an activating group) is 1. The monoisotopic (exact) mass is 301 g/mol. The van der Waals surface area contributed by atoms with Crippen LogP contribution in [0.4, 0.5) is 0 Å². The molecule has 2 heteroatoms. The smallest absolute Gasteiger partial charge is 0.234 e. The van der Waals surface area contributed by atoms with Crippen LogP contribution in [0.2, 0.25) is 0 Å². The Balaban J connectivity index is 1.99. The zero-order valence-electron chi connectivity index (χ0n) is 13.2. The van der Waals surface area contributed by atoms with Gasteiger partial charge in [0.25, 0.3) is 0 Å². The topological polar surface area (TPSA) is 20.3 Å². The molecule has 2 nitrogen and oxygen atoms in total. The van der Waals surface area contributed by atoms with E-state index in [1.54, 1.807) is 0 Å². The second kappa shape index (κ2) is 5.54. The molecule has 0 N–H and O–H groups in total. The van der Waals surface area contributed by atoms with E-state index >= 15 is 0 Å². The summed E-state index contributed by atoms with van der Waals surface area (Å²) in [6, 6.07) is 22.9. The first-order valence-corrected chi connectivity index (χ1v) is 8.06. The number of rotatable bonds is 1. The molecule has 3 aromatic carbocycles. The van der Waals surface area contributed by atoms with Crippen LogP contribution >= 0.6 is 0 Å². The van der Waals surface area contributed by atoms with Crippen molar-refractivity contribution in [2.45, 2.75) is 12.3 Å². The predicted molar refractivity (Wildman–Crippen MR) is 93.6 cm³/mol. The molecule has 1 aliphatic heterocycles. The summed E-state index contributed by atoms with van der Waals surface area (Å²) in [6.07, 6.45) is 0.916. The maximum absolute atomic E-state index is 13.1. The van der Waals surface area contributed by atoms with Crippen molar-refractivity contribution in [3.05, 3.63) is 83.4 Å². The number of amides is 1. The quantitative estimate of drug-likeness (QED) is 0.665. The zero-order chi connectivity index (χ0) is 15.8. The van der Waals surface area contributed by atoms with Gasteiger partial charge in [0.1, 0.15) is 0 Å². The first kappa shape index (κ1) is 14.0. The molecule has 1 amide bonds. The highest BCUT2D eigenvalue weighted by Gasteiger charge is 2.31. The molecule has 0 fully saturated rings. The van der Waals surface area contributed by atoms with Crippen LogP contribution in [-0.2, 0) is 11.2 Å². The summed E-state index contributed by atoms with van der Waals surface area (Å²) >= 11 is 0. The van der Waals surface area contributed by atoms with Crippen LogP contribution in [0.5, 0.6) is 0 Å². The third-order valence-electron chi connectivity index (χ3n) is 4.84. The predicted octanol–water partition coefficient (Wildman–Crippen LogP) is 3.99. The molecule has 0 spiro atoms. The Bertz CT molecular complexity index is 878. The van der Waals surface area contributed by atoms with Crippen LogP contribution < -0.4 is 0 Å². The highest BCUT2D eigenvalue weighted by atomic mass is 16.2. The minimum atomic E-state index is -0.218. The molecule has 0 aromatic heterocycles. The van der Waals surface area contributed by atoms with Crippen LogP contribution in [-0.4, -0.2) is 24.4 Å². The summed E-state index contributed by atoms with van der Waals surface area (Å²) in [5.41, 5.74) is 3.54. The van der Waals surface area contributed by atoms with E-state index in [0.717, 1.165) is 24.1 Å². The van der Waals surface area contributed by atoms with Gasteiger partial charge in [0.05, 0.1) is 5.92 Å². The largest absolute Gasteiger partial charge is 0.345 e. The maximum atomic E-state index is 13.1. The van der Waals surface area contributed by atoms with Crippen molar-refractivity contribution in [2.75, 3.05) is 13.6 Å². The summed E-state index contributed by atoms with van der Waals surface area (Å²) < 4.78 is 0. The number of carbonyl (C=O) groups is 1. The van der Waals surface area contributed by atoms with Crippen molar-refractivity contribution in [1.29, 1.82) is 0 Å². The van der Waals surface area contributed by atoms with Crippen molar-refractivity contribution in [1.82, 2.24) is 4.90 Å². The molecule has 114 valence electrons. The van der Waals surface area contributed by atoms with Gasteiger partial charge in [0.2, 0.25) is 5.91 Å². The minimum Gasteiger partial charge on any atom is -0.345 e. The molecular weight excluding hydrogens is 282 g/mol. The fourth-order valence-corrected chi connectivity index (χ4v) is 3.60. The van der Waals surface area contributed by atoms with Crippen LogP contribution in [0.1, 0.15) is 22.6 Å². The maximum Gasteiger partial charge on any atom is 0.234 e. The van der Waals surface area contributed by atoms with Gasteiger partial charge in [-0.15, -0.1) is 0 Å². The average molecular weight is 301 g/mol. The van der Waals surface area contributed by atoms with Gasteiger partial charge in [-0.05, 0) is 33.9 Å². The third-order valence-corrected chi connectivity index (χ3v) is 4.84. The third kappa shape index (κ3) is 2.31. The first-order chi connectivity index (χ1) is 11.3. The Morgan fingerprint density at radius 1 is 0.870 bits per heavy atom. The normalized spacial score (nSPS) is 17.9. The molecule has 4 rings (SSSR count). The Kier molecular flexibility index (Phi) is 3.38. The van der Waals surface area contributed by atoms with Gasteiger partial charge in [-0.1, -0.05) is 66.7 Å². The van der Waals surface area contributed by atoms with Crippen LogP contribution in [0, 0.1) is 0 Å². The molecule has 1 aliphatic rings.